The van der Waals surface area contributed by atoms with Crippen LogP contribution in [-0.2, 0) is 25.5 Å². The molecule has 9 nitrogen and oxygen atoms in total. The van der Waals surface area contributed by atoms with Gasteiger partial charge >= 0.3 is 0 Å². The minimum Gasteiger partial charge on any atom is -0.494 e. The van der Waals surface area contributed by atoms with Crippen LogP contribution in [0.1, 0.15) is 39.7 Å². The Morgan fingerprint density at radius 3 is 2.27 bits per heavy atom. The molecule has 3 amide bonds. The number of aliphatic hydroxyl groups excluding tert-OH is 1. The van der Waals surface area contributed by atoms with Gasteiger partial charge in [0, 0.05) is 24.8 Å². The maximum atomic E-state index is 14.9. The minimum atomic E-state index is -1.38. The Labute approximate surface area is 265 Å². The molecule has 4 aliphatic rings. The third-order valence-corrected chi connectivity index (χ3v) is 9.91. The Balaban J connectivity index is 1.47. The topological polar surface area (TPSA) is 99.6 Å². The lowest BCUT2D eigenvalue weighted by atomic mass is 9.73. The van der Waals surface area contributed by atoms with Crippen molar-refractivity contribution in [3.8, 4) is 5.75 Å². The normalized spacial score (nSPS) is 29.9. The fourth-order valence-corrected chi connectivity index (χ4v) is 7.83. The lowest BCUT2D eigenvalue weighted by Gasteiger charge is -2.41. The van der Waals surface area contributed by atoms with Gasteiger partial charge in [0.25, 0.3) is 0 Å². The molecule has 238 valence electrons. The van der Waals surface area contributed by atoms with E-state index >= 15 is 0 Å². The van der Waals surface area contributed by atoms with E-state index in [0.717, 1.165) is 5.56 Å². The largest absolute Gasteiger partial charge is 0.494 e. The van der Waals surface area contributed by atoms with E-state index in [4.69, 9.17) is 9.47 Å². The number of likely N-dealkylation sites (tertiary alicyclic amines) is 1. The number of fused-ring (bicyclic) bond motifs is 2. The number of nitrogens with zero attached hydrogens (tertiary/aromatic N) is 3. The van der Waals surface area contributed by atoms with E-state index in [1.165, 1.54) is 0 Å². The summed E-state index contributed by atoms with van der Waals surface area (Å²) in [4.78, 5) is 49.2. The van der Waals surface area contributed by atoms with Gasteiger partial charge in [-0.15, -0.1) is 0 Å². The first-order valence-corrected chi connectivity index (χ1v) is 16.1. The van der Waals surface area contributed by atoms with Gasteiger partial charge in [-0.05, 0) is 63.4 Å². The second-order valence-electron chi connectivity index (χ2n) is 12.7. The Bertz CT molecular complexity index is 1490. The number of hydrogen-bond donors (Lipinski definition) is 1. The van der Waals surface area contributed by atoms with E-state index in [1.54, 1.807) is 14.7 Å². The Morgan fingerprint density at radius 1 is 0.911 bits per heavy atom. The number of hydrogen-bond acceptors (Lipinski definition) is 6. The molecule has 0 aromatic heterocycles. The molecule has 45 heavy (non-hydrogen) atoms. The molecule has 4 heterocycles. The summed E-state index contributed by atoms with van der Waals surface area (Å²) in [5, 5.41) is 10.8. The van der Waals surface area contributed by atoms with E-state index in [9.17, 15) is 19.5 Å². The summed E-state index contributed by atoms with van der Waals surface area (Å²) in [6.07, 6.45) is 8.44. The average molecular weight is 614 g/mol. The van der Waals surface area contributed by atoms with Gasteiger partial charge in [0.15, 0.2) is 0 Å². The Morgan fingerprint density at radius 2 is 1.62 bits per heavy atom. The third-order valence-electron chi connectivity index (χ3n) is 9.91. The molecule has 2 saturated heterocycles. The molecule has 6 rings (SSSR count). The van der Waals surface area contributed by atoms with Gasteiger partial charge in [0.1, 0.15) is 17.4 Å². The van der Waals surface area contributed by atoms with Crippen LogP contribution >= 0.6 is 0 Å². The van der Waals surface area contributed by atoms with Crippen LogP contribution in [0.3, 0.4) is 0 Å². The number of ether oxygens (including phenoxy) is 2. The van der Waals surface area contributed by atoms with E-state index in [2.05, 4.69) is 0 Å². The second kappa shape index (κ2) is 12.1. The molecule has 0 aliphatic carbocycles. The van der Waals surface area contributed by atoms with Crippen molar-refractivity contribution in [1.29, 1.82) is 0 Å². The van der Waals surface area contributed by atoms with Crippen LogP contribution in [0.5, 0.6) is 5.75 Å². The van der Waals surface area contributed by atoms with Gasteiger partial charge in [0.05, 0.1) is 36.7 Å². The van der Waals surface area contributed by atoms with Crippen molar-refractivity contribution < 1.29 is 29.0 Å². The lowest BCUT2D eigenvalue weighted by Crippen LogP contribution is -2.60. The van der Waals surface area contributed by atoms with Gasteiger partial charge in [-0.1, -0.05) is 61.6 Å². The number of benzene rings is 2. The number of carbonyl (C=O) groups excluding carboxylic acids is 3. The summed E-state index contributed by atoms with van der Waals surface area (Å²) in [7, 11) is 0. The maximum Gasteiger partial charge on any atom is 0.249 e. The van der Waals surface area contributed by atoms with Crippen molar-refractivity contribution in [2.24, 2.45) is 11.8 Å². The summed E-state index contributed by atoms with van der Waals surface area (Å²) < 4.78 is 12.7. The maximum absolute atomic E-state index is 14.9. The number of anilines is 1. The number of carbonyl (C=O) groups is 3. The molecule has 4 aliphatic heterocycles. The molecular formula is C36H43N3O6. The monoisotopic (exact) mass is 613 g/mol. The summed E-state index contributed by atoms with van der Waals surface area (Å²) in [6, 6.07) is 15.2. The second-order valence-corrected chi connectivity index (χ2v) is 12.7. The highest BCUT2D eigenvalue weighted by molar-refractivity contribution is 6.04. The summed E-state index contributed by atoms with van der Waals surface area (Å²) in [5.41, 5.74) is -0.847. The van der Waals surface area contributed by atoms with Crippen LogP contribution < -0.4 is 9.64 Å². The zero-order chi connectivity index (χ0) is 31.9. The molecule has 0 bridgehead atoms. The molecule has 0 saturated carbocycles. The highest BCUT2D eigenvalue weighted by atomic mass is 16.5. The molecule has 6 atom stereocenters. The van der Waals surface area contributed by atoms with Crippen molar-refractivity contribution in [2.45, 2.75) is 69.9 Å². The van der Waals surface area contributed by atoms with E-state index in [1.807, 2.05) is 107 Å². The number of amides is 3. The van der Waals surface area contributed by atoms with Gasteiger partial charge < -0.3 is 29.3 Å². The predicted molar refractivity (Wildman–Crippen MR) is 171 cm³/mol. The molecule has 2 aromatic rings. The standard InChI is InChI=1S/C36H43N3O6/c1-5-35-18-10-21-38(26-14-16-28(17-15-26)44-6-2)32(41)29(35)30-33(42)39(27(23-40)22-25-12-8-7-9-13-25)31-34(43)37(24(3)4)20-11-19-36(30,31)45-35/h7-19,24,27,29-31,40H,5-6,20-23H2,1-4H3/t27-,29-,30+,31?,35+,36+/m1/s1. The van der Waals surface area contributed by atoms with Gasteiger partial charge in [-0.3, -0.25) is 14.4 Å². The molecule has 2 aromatic carbocycles. The third kappa shape index (κ3) is 4.97. The molecule has 1 spiro atoms. The summed E-state index contributed by atoms with van der Waals surface area (Å²) in [5.74, 6) is -1.93. The molecule has 0 radical (unpaired) electrons. The SMILES string of the molecule is CCOc1ccc(N2CC=C[C@]3(CC)O[C@]45C=CCN(C(C)C)C(=O)C4N([C@@H](CO)Cc4ccccc4)C(=O)[C@@H]5[C@@H]3C2=O)cc1. The van der Waals surface area contributed by atoms with Crippen LogP contribution in [0.25, 0.3) is 0 Å². The first-order valence-electron chi connectivity index (χ1n) is 16.1. The predicted octanol–water partition coefficient (Wildman–Crippen LogP) is 3.76. The molecular weight excluding hydrogens is 570 g/mol. The van der Waals surface area contributed by atoms with Crippen LogP contribution in [0.4, 0.5) is 5.69 Å². The van der Waals surface area contributed by atoms with Crippen LogP contribution in [0.2, 0.25) is 0 Å². The fraction of sp³-hybridized carbons (Fsp3) is 0.472. The molecule has 1 unspecified atom stereocenters. The average Bonchev–Trinajstić information content (AvgIpc) is 3.33. The first-order chi connectivity index (χ1) is 21.7. The summed E-state index contributed by atoms with van der Waals surface area (Å²) in [6.45, 7) is 8.65. The lowest BCUT2D eigenvalue weighted by molar-refractivity contribution is -0.156. The van der Waals surface area contributed by atoms with Crippen LogP contribution in [-0.4, -0.2) is 88.3 Å². The Kier molecular flexibility index (Phi) is 8.35. The highest BCUT2D eigenvalue weighted by Gasteiger charge is 2.76. The van der Waals surface area contributed by atoms with Crippen molar-refractivity contribution >= 4 is 23.4 Å². The van der Waals surface area contributed by atoms with E-state index < -0.39 is 35.1 Å². The number of rotatable bonds is 9. The van der Waals surface area contributed by atoms with E-state index in [-0.39, 0.29) is 30.4 Å². The molecule has 1 N–H and O–H groups in total. The van der Waals surface area contributed by atoms with Crippen molar-refractivity contribution in [3.05, 3.63) is 84.5 Å². The van der Waals surface area contributed by atoms with Gasteiger partial charge in [-0.2, -0.15) is 0 Å². The molecule has 2 fully saturated rings. The quantitative estimate of drug-likeness (QED) is 0.433. The molecule has 9 heteroatoms. The summed E-state index contributed by atoms with van der Waals surface area (Å²) >= 11 is 0. The van der Waals surface area contributed by atoms with Gasteiger partial charge in [-0.25, -0.2) is 0 Å². The fourth-order valence-electron chi connectivity index (χ4n) is 7.83. The smallest absolute Gasteiger partial charge is 0.249 e. The van der Waals surface area contributed by atoms with Crippen LogP contribution in [0.15, 0.2) is 78.9 Å². The van der Waals surface area contributed by atoms with Crippen molar-refractivity contribution in [2.75, 3.05) is 31.2 Å². The first kappa shape index (κ1) is 31.0. The number of aliphatic hydroxyl groups is 1. The van der Waals surface area contributed by atoms with Crippen LogP contribution in [0, 0.1) is 11.8 Å². The zero-order valence-electron chi connectivity index (χ0n) is 26.5. The zero-order valence-corrected chi connectivity index (χ0v) is 26.5. The highest BCUT2D eigenvalue weighted by Crippen LogP contribution is 2.59. The minimum absolute atomic E-state index is 0.126. The van der Waals surface area contributed by atoms with Crippen molar-refractivity contribution in [1.82, 2.24) is 9.80 Å². The Hall–Kier alpha value is -3.95. The van der Waals surface area contributed by atoms with Gasteiger partial charge in [0.2, 0.25) is 17.7 Å². The van der Waals surface area contributed by atoms with Crippen molar-refractivity contribution in [3.63, 3.8) is 0 Å². The van der Waals surface area contributed by atoms with E-state index in [0.29, 0.717) is 44.0 Å².